The fourth-order valence-corrected chi connectivity index (χ4v) is 2.55. The van der Waals surface area contributed by atoms with Gasteiger partial charge in [0.2, 0.25) is 0 Å². The highest BCUT2D eigenvalue weighted by atomic mass is 16.5. The van der Waals surface area contributed by atoms with Crippen LogP contribution in [0.2, 0.25) is 0 Å². The summed E-state index contributed by atoms with van der Waals surface area (Å²) in [5.74, 6) is 6.62. The quantitative estimate of drug-likeness (QED) is 0.569. The van der Waals surface area contributed by atoms with Crippen molar-refractivity contribution >= 4 is 10.8 Å². The Morgan fingerprint density at radius 3 is 2.62 bits per heavy atom. The van der Waals surface area contributed by atoms with Crippen molar-refractivity contribution in [1.29, 1.82) is 0 Å². The Labute approximate surface area is 123 Å². The van der Waals surface area contributed by atoms with Crippen molar-refractivity contribution in [3.63, 3.8) is 0 Å². The van der Waals surface area contributed by atoms with Crippen LogP contribution in [-0.2, 0) is 0 Å². The number of ether oxygens (including phenoxy) is 1. The van der Waals surface area contributed by atoms with Gasteiger partial charge in [-0.2, -0.15) is 0 Å². The second-order valence-electron chi connectivity index (χ2n) is 4.82. The highest BCUT2D eigenvalue weighted by molar-refractivity contribution is 5.85. The molecule has 106 valence electrons. The zero-order chi connectivity index (χ0) is 14.7. The first-order chi connectivity index (χ1) is 10.3. The van der Waals surface area contributed by atoms with Crippen LogP contribution in [0.1, 0.15) is 17.2 Å². The summed E-state index contributed by atoms with van der Waals surface area (Å²) in [6.45, 7) is 0. The number of nitrogens with one attached hydrogen (secondary N) is 1. The number of aromatic nitrogens is 1. The Balaban J connectivity index is 2.09. The minimum absolute atomic E-state index is 0.0937. The van der Waals surface area contributed by atoms with Crippen molar-refractivity contribution < 1.29 is 4.74 Å². The van der Waals surface area contributed by atoms with E-state index in [-0.39, 0.29) is 6.04 Å². The molecule has 4 nitrogen and oxygen atoms in total. The molecule has 0 fully saturated rings. The highest BCUT2D eigenvalue weighted by Crippen LogP contribution is 2.28. The van der Waals surface area contributed by atoms with Gasteiger partial charge in [0.15, 0.2) is 0 Å². The number of methoxy groups -OCH3 is 1. The van der Waals surface area contributed by atoms with Crippen LogP contribution in [0.25, 0.3) is 10.8 Å². The molecule has 0 radical (unpaired) electrons. The van der Waals surface area contributed by atoms with E-state index in [4.69, 9.17) is 10.6 Å². The van der Waals surface area contributed by atoms with Gasteiger partial charge in [0, 0.05) is 17.8 Å². The zero-order valence-corrected chi connectivity index (χ0v) is 11.8. The molecule has 0 amide bonds. The van der Waals surface area contributed by atoms with Gasteiger partial charge in [-0.25, -0.2) is 5.43 Å². The van der Waals surface area contributed by atoms with E-state index in [1.807, 2.05) is 42.6 Å². The normalized spacial score (nSPS) is 12.3. The Hall–Kier alpha value is -2.43. The molecule has 3 N–H and O–H groups in total. The highest BCUT2D eigenvalue weighted by Gasteiger charge is 2.15. The van der Waals surface area contributed by atoms with Gasteiger partial charge in [-0.15, -0.1) is 0 Å². The molecule has 0 aliphatic rings. The maximum absolute atomic E-state index is 5.80. The molecule has 1 atom stereocenters. The second kappa shape index (κ2) is 5.91. The maximum atomic E-state index is 5.80. The van der Waals surface area contributed by atoms with E-state index < -0.39 is 0 Å². The number of hydrogen-bond acceptors (Lipinski definition) is 4. The predicted molar refractivity (Wildman–Crippen MR) is 83.9 cm³/mol. The SMILES string of the molecule is COc1ccc(C(NN)c2cccc3ccncc23)cc1. The van der Waals surface area contributed by atoms with Crippen LogP contribution in [0.4, 0.5) is 0 Å². The summed E-state index contributed by atoms with van der Waals surface area (Å²) in [5.41, 5.74) is 5.08. The lowest BCUT2D eigenvalue weighted by Gasteiger charge is -2.19. The third-order valence-electron chi connectivity index (χ3n) is 3.64. The first-order valence-electron chi connectivity index (χ1n) is 6.76. The Bertz CT molecular complexity index is 735. The number of fused-ring (bicyclic) bond motifs is 1. The Morgan fingerprint density at radius 2 is 1.90 bits per heavy atom. The minimum Gasteiger partial charge on any atom is -0.497 e. The molecule has 4 heteroatoms. The molecular formula is C17H17N3O. The van der Waals surface area contributed by atoms with Crippen LogP contribution >= 0.6 is 0 Å². The van der Waals surface area contributed by atoms with Gasteiger partial charge in [-0.3, -0.25) is 10.8 Å². The second-order valence-corrected chi connectivity index (χ2v) is 4.82. The van der Waals surface area contributed by atoms with Crippen molar-refractivity contribution in [2.45, 2.75) is 6.04 Å². The van der Waals surface area contributed by atoms with E-state index >= 15 is 0 Å². The molecular weight excluding hydrogens is 262 g/mol. The van der Waals surface area contributed by atoms with Crippen LogP contribution in [0, 0.1) is 0 Å². The summed E-state index contributed by atoms with van der Waals surface area (Å²) in [4.78, 5) is 4.22. The van der Waals surface area contributed by atoms with Gasteiger partial charge in [0.05, 0.1) is 13.2 Å². The molecule has 0 saturated carbocycles. The van der Waals surface area contributed by atoms with Crippen LogP contribution in [0.5, 0.6) is 5.75 Å². The largest absolute Gasteiger partial charge is 0.497 e. The lowest BCUT2D eigenvalue weighted by atomic mass is 9.95. The zero-order valence-electron chi connectivity index (χ0n) is 11.8. The van der Waals surface area contributed by atoms with Gasteiger partial charge in [-0.05, 0) is 34.7 Å². The average Bonchev–Trinajstić information content (AvgIpc) is 2.56. The number of hydrazine groups is 1. The van der Waals surface area contributed by atoms with Gasteiger partial charge in [0.25, 0.3) is 0 Å². The molecule has 0 bridgehead atoms. The number of rotatable bonds is 4. The predicted octanol–water partition coefficient (Wildman–Crippen LogP) is 2.80. The van der Waals surface area contributed by atoms with Crippen molar-refractivity contribution in [2.24, 2.45) is 5.84 Å². The number of nitrogens with two attached hydrogens (primary N) is 1. The number of nitrogens with zero attached hydrogens (tertiary/aromatic N) is 1. The molecule has 0 aliphatic carbocycles. The van der Waals surface area contributed by atoms with E-state index in [2.05, 4.69) is 22.5 Å². The fourth-order valence-electron chi connectivity index (χ4n) is 2.55. The molecule has 1 unspecified atom stereocenters. The summed E-state index contributed by atoms with van der Waals surface area (Å²) in [7, 11) is 1.66. The molecule has 3 rings (SSSR count). The topological polar surface area (TPSA) is 60.2 Å². The fraction of sp³-hybridized carbons (Fsp3) is 0.118. The summed E-state index contributed by atoms with van der Waals surface area (Å²) in [6.07, 6.45) is 3.67. The lowest BCUT2D eigenvalue weighted by Crippen LogP contribution is -2.29. The van der Waals surface area contributed by atoms with Crippen molar-refractivity contribution in [3.05, 3.63) is 72.1 Å². The van der Waals surface area contributed by atoms with Gasteiger partial charge >= 0.3 is 0 Å². The van der Waals surface area contributed by atoms with Gasteiger partial charge in [0.1, 0.15) is 5.75 Å². The summed E-state index contributed by atoms with van der Waals surface area (Å²) in [6, 6.07) is 16.0. The third-order valence-corrected chi connectivity index (χ3v) is 3.64. The molecule has 0 spiro atoms. The monoisotopic (exact) mass is 279 g/mol. The van der Waals surface area contributed by atoms with E-state index in [1.165, 1.54) is 0 Å². The summed E-state index contributed by atoms with van der Waals surface area (Å²) < 4.78 is 5.20. The van der Waals surface area contributed by atoms with Crippen LogP contribution in [0.15, 0.2) is 60.9 Å². The molecule has 0 aliphatic heterocycles. The maximum Gasteiger partial charge on any atom is 0.118 e. The molecule has 0 saturated heterocycles. The first-order valence-corrected chi connectivity index (χ1v) is 6.76. The molecule has 2 aromatic carbocycles. The third kappa shape index (κ3) is 2.59. The number of pyridine rings is 1. The average molecular weight is 279 g/mol. The molecule has 1 aromatic heterocycles. The summed E-state index contributed by atoms with van der Waals surface area (Å²) >= 11 is 0. The standard InChI is InChI=1S/C17H17N3O/c1-21-14-7-5-13(6-8-14)17(20-18)15-4-2-3-12-9-10-19-11-16(12)15/h2-11,17,20H,18H2,1H3. The van der Waals surface area contributed by atoms with Crippen molar-refractivity contribution in [3.8, 4) is 5.75 Å². The smallest absolute Gasteiger partial charge is 0.118 e. The van der Waals surface area contributed by atoms with Crippen molar-refractivity contribution in [1.82, 2.24) is 10.4 Å². The van der Waals surface area contributed by atoms with E-state index in [0.29, 0.717) is 0 Å². The number of benzene rings is 2. The first kappa shape index (κ1) is 13.5. The van der Waals surface area contributed by atoms with E-state index in [1.54, 1.807) is 13.3 Å². The van der Waals surface area contributed by atoms with Gasteiger partial charge in [-0.1, -0.05) is 30.3 Å². The molecule has 21 heavy (non-hydrogen) atoms. The van der Waals surface area contributed by atoms with E-state index in [9.17, 15) is 0 Å². The summed E-state index contributed by atoms with van der Waals surface area (Å²) in [5, 5.41) is 2.25. The number of hydrogen-bond donors (Lipinski definition) is 2. The van der Waals surface area contributed by atoms with E-state index in [0.717, 1.165) is 27.6 Å². The van der Waals surface area contributed by atoms with Crippen LogP contribution < -0.4 is 16.0 Å². The van der Waals surface area contributed by atoms with Crippen LogP contribution in [-0.4, -0.2) is 12.1 Å². The Kier molecular flexibility index (Phi) is 3.81. The lowest BCUT2D eigenvalue weighted by molar-refractivity contribution is 0.414. The van der Waals surface area contributed by atoms with Gasteiger partial charge < -0.3 is 4.74 Å². The molecule has 3 aromatic rings. The van der Waals surface area contributed by atoms with Crippen LogP contribution in [0.3, 0.4) is 0 Å². The minimum atomic E-state index is -0.0937. The molecule has 1 heterocycles. The Morgan fingerprint density at radius 1 is 1.10 bits per heavy atom. The van der Waals surface area contributed by atoms with Crippen molar-refractivity contribution in [2.75, 3.05) is 7.11 Å².